The van der Waals surface area contributed by atoms with E-state index in [-0.39, 0.29) is 50.1 Å². The molecule has 0 radical (unpaired) electrons. The molecule has 0 aliphatic heterocycles. The van der Waals surface area contributed by atoms with Gasteiger partial charge in [-0.3, -0.25) is 0 Å². The molecule has 0 aliphatic rings. The summed E-state index contributed by atoms with van der Waals surface area (Å²) in [7, 11) is 0. The molecule has 0 saturated heterocycles. The minimum Gasteiger partial charge on any atom is -0.456 e. The lowest BCUT2D eigenvalue weighted by Crippen LogP contribution is -2.07. The van der Waals surface area contributed by atoms with Crippen LogP contribution >= 0.6 is 0 Å². The molecular weight excluding hydrogens is 1060 g/mol. The van der Waals surface area contributed by atoms with Gasteiger partial charge < -0.3 is 59.4 Å². The van der Waals surface area contributed by atoms with Crippen molar-refractivity contribution in [2.24, 2.45) is 5.92 Å². The van der Waals surface area contributed by atoms with Crippen LogP contribution in [0, 0.1) is 5.92 Å². The van der Waals surface area contributed by atoms with Gasteiger partial charge in [-0.2, -0.15) is 0 Å². The van der Waals surface area contributed by atoms with Gasteiger partial charge in [0.25, 0.3) is 0 Å². The molecule has 0 aliphatic carbocycles. The van der Waals surface area contributed by atoms with E-state index < -0.39 is 0 Å². The molecule has 8 N–H and O–H groups in total. The molecule has 0 fully saturated rings. The number of aliphatic hydroxyl groups excluding tert-OH is 4. The van der Waals surface area contributed by atoms with Crippen molar-refractivity contribution in [2.45, 2.75) is 105 Å². The van der Waals surface area contributed by atoms with E-state index in [2.05, 4.69) is 123 Å². The summed E-state index contributed by atoms with van der Waals surface area (Å²) in [6, 6.07) is 49.5. The van der Waals surface area contributed by atoms with Crippen LogP contribution in [0.5, 0.6) is 0 Å². The highest BCUT2D eigenvalue weighted by Crippen LogP contribution is 2.37. The molecule has 12 aromatic rings. The van der Waals surface area contributed by atoms with Crippen molar-refractivity contribution in [3.63, 3.8) is 0 Å². The van der Waals surface area contributed by atoms with Gasteiger partial charge >= 0.3 is 0 Å². The molecule has 12 nitrogen and oxygen atoms in total. The Morgan fingerprint density at radius 2 is 0.588 bits per heavy atom. The number of benzene rings is 8. The Kier molecular flexibility index (Phi) is 20.8. The fraction of sp³-hybridized carbons (Fsp3) is 0.342. The number of anilines is 4. The number of nitrogens with one attached hydrogen (secondary N) is 4. The maximum Gasteiger partial charge on any atom is 0.135 e. The predicted octanol–water partition coefficient (Wildman–Crippen LogP) is 18.3. The molecule has 4 unspecified atom stereocenters. The van der Waals surface area contributed by atoms with E-state index in [1.807, 2.05) is 107 Å². The maximum atomic E-state index is 9.36. The molecule has 12 rings (SSSR count). The zero-order valence-electron chi connectivity index (χ0n) is 50.9. The second-order valence-electron chi connectivity index (χ2n) is 23.1. The van der Waals surface area contributed by atoms with Gasteiger partial charge in [-0.05, 0) is 169 Å². The molecule has 0 bridgehead atoms. The molecule has 4 heterocycles. The van der Waals surface area contributed by atoms with E-state index >= 15 is 0 Å². The summed E-state index contributed by atoms with van der Waals surface area (Å²) in [5, 5.41) is 59.9. The van der Waals surface area contributed by atoms with E-state index in [4.69, 9.17) is 17.7 Å². The second-order valence-corrected chi connectivity index (χ2v) is 23.1. The molecule has 4 aromatic heterocycles. The Morgan fingerprint density at radius 3 is 0.859 bits per heavy atom. The lowest BCUT2D eigenvalue weighted by atomic mass is 10.00. The Morgan fingerprint density at radius 1 is 0.318 bits per heavy atom. The number of unbranched alkanes of at least 4 members (excludes halogenated alkanes) is 1. The SMILES string of the molecule is CC(C)CNc1ccc2oc3ccc(C(C)CO)cc3c2c1.CCCCNc1ccc2oc3ccc(C(C)CO)cc3c2c1.CCCNc1ccc2oc3ccc(C(C)CO)cc3c2c1.CCNc1ccc2oc3ccc(C(C)CO)cc3c2c1. The molecule has 0 amide bonds. The number of hydrogen-bond donors (Lipinski definition) is 8. The average molecular weight is 1150 g/mol. The highest BCUT2D eigenvalue weighted by molar-refractivity contribution is 6.09. The molecule has 85 heavy (non-hydrogen) atoms. The average Bonchev–Trinajstić information content (AvgIpc) is 3.14. The number of aliphatic hydroxyl groups is 4. The summed E-state index contributed by atoms with van der Waals surface area (Å²) in [5.74, 6) is 1.16. The fourth-order valence-corrected chi connectivity index (χ4v) is 10.5. The quantitative estimate of drug-likeness (QED) is 0.0339. The monoisotopic (exact) mass is 1150 g/mol. The van der Waals surface area contributed by atoms with Gasteiger partial charge in [0, 0.05) is 142 Å². The van der Waals surface area contributed by atoms with Crippen molar-refractivity contribution < 1.29 is 38.1 Å². The van der Waals surface area contributed by atoms with Gasteiger partial charge in [-0.25, -0.2) is 0 Å². The van der Waals surface area contributed by atoms with E-state index in [1.165, 1.54) is 12.8 Å². The lowest BCUT2D eigenvalue weighted by Gasteiger charge is -2.09. The van der Waals surface area contributed by atoms with Crippen molar-refractivity contribution >= 4 is 111 Å². The largest absolute Gasteiger partial charge is 0.456 e. The van der Waals surface area contributed by atoms with Crippen molar-refractivity contribution in [2.75, 3.05) is 73.9 Å². The van der Waals surface area contributed by atoms with Crippen LogP contribution in [0.4, 0.5) is 22.7 Å². The third-order valence-corrected chi connectivity index (χ3v) is 15.9. The molecule has 4 atom stereocenters. The maximum absolute atomic E-state index is 9.36. The molecule has 0 saturated carbocycles. The van der Waals surface area contributed by atoms with Crippen LogP contribution in [0.3, 0.4) is 0 Å². The Balaban J connectivity index is 0.000000136. The normalized spacial score (nSPS) is 13.0. The van der Waals surface area contributed by atoms with Crippen LogP contribution in [0.25, 0.3) is 87.8 Å². The molecule has 12 heteroatoms. The summed E-state index contributed by atoms with van der Waals surface area (Å²) >= 11 is 0. The summed E-state index contributed by atoms with van der Waals surface area (Å²) in [6.07, 6.45) is 3.46. The first kappa shape index (κ1) is 61.6. The second kappa shape index (κ2) is 28.7. The molecular formula is C73H86N4O8. The highest BCUT2D eigenvalue weighted by atomic mass is 16.3. The molecule has 446 valence electrons. The Labute approximate surface area is 499 Å². The first-order chi connectivity index (χ1) is 41.3. The summed E-state index contributed by atoms with van der Waals surface area (Å²) in [6.45, 7) is 23.4. The summed E-state index contributed by atoms with van der Waals surface area (Å²) in [5.41, 5.74) is 16.2. The standard InChI is InChI=1S/2C19H23NO2.C18H21NO2.C17H19NO2/c1-12(2)10-20-15-5-7-19-17(9-15)16-8-14(13(3)11-21)4-6-18(16)22-19;1-3-4-9-20-15-6-8-19-17(11-15)16-10-14(13(2)12-21)5-7-18(16)22-19;1-3-8-19-14-5-7-18-16(10-14)15-9-13(12(2)11-20)4-6-17(15)21-18;1-3-18-13-5-7-17-15(9-13)14-8-12(11(2)10-19)4-6-16(14)20-17/h4-9,12-13,20-21H,10-11H2,1-3H3;5-8,10-11,13,20-21H,3-4,9,12H2,1-2H3;4-7,9-10,12,19-20H,3,8,11H2,1-2H3;4-9,11,18-19H,3,10H2,1-2H3. The minimum atomic E-state index is 0.136. The van der Waals surface area contributed by atoms with Crippen molar-refractivity contribution in [3.05, 3.63) is 168 Å². The van der Waals surface area contributed by atoms with Gasteiger partial charge in [0.05, 0.1) is 0 Å². The van der Waals surface area contributed by atoms with Crippen LogP contribution in [-0.4, -0.2) is 73.0 Å². The van der Waals surface area contributed by atoms with Crippen molar-refractivity contribution in [1.29, 1.82) is 0 Å². The lowest BCUT2D eigenvalue weighted by molar-refractivity contribution is 0.273. The van der Waals surface area contributed by atoms with Crippen molar-refractivity contribution in [1.82, 2.24) is 0 Å². The van der Waals surface area contributed by atoms with Crippen LogP contribution in [0.15, 0.2) is 163 Å². The highest BCUT2D eigenvalue weighted by Gasteiger charge is 2.16. The van der Waals surface area contributed by atoms with Crippen LogP contribution in [-0.2, 0) is 0 Å². The van der Waals surface area contributed by atoms with E-state index in [1.54, 1.807) is 0 Å². The van der Waals surface area contributed by atoms with Gasteiger partial charge in [-0.15, -0.1) is 0 Å². The zero-order valence-corrected chi connectivity index (χ0v) is 50.9. The van der Waals surface area contributed by atoms with E-state index in [0.717, 1.165) is 165 Å². The van der Waals surface area contributed by atoms with Crippen molar-refractivity contribution in [3.8, 4) is 0 Å². The number of rotatable bonds is 20. The molecule has 0 spiro atoms. The van der Waals surface area contributed by atoms with E-state index in [9.17, 15) is 20.4 Å². The van der Waals surface area contributed by atoms with Crippen LogP contribution in [0.1, 0.15) is 128 Å². The smallest absolute Gasteiger partial charge is 0.135 e. The number of hydrogen-bond acceptors (Lipinski definition) is 12. The third-order valence-electron chi connectivity index (χ3n) is 15.9. The van der Waals surface area contributed by atoms with Gasteiger partial charge in [0.2, 0.25) is 0 Å². The third kappa shape index (κ3) is 14.6. The summed E-state index contributed by atoms with van der Waals surface area (Å²) in [4.78, 5) is 0. The van der Waals surface area contributed by atoms with Gasteiger partial charge in [0.15, 0.2) is 0 Å². The first-order valence-corrected chi connectivity index (χ1v) is 30.5. The van der Waals surface area contributed by atoms with E-state index in [0.29, 0.717) is 5.92 Å². The number of furan rings is 4. The Bertz CT molecular complexity index is 4130. The minimum absolute atomic E-state index is 0.136. The van der Waals surface area contributed by atoms with Crippen LogP contribution in [0.2, 0.25) is 0 Å². The topological polar surface area (TPSA) is 182 Å². The van der Waals surface area contributed by atoms with Gasteiger partial charge in [-0.1, -0.05) is 86.1 Å². The first-order valence-electron chi connectivity index (χ1n) is 30.5. The summed E-state index contributed by atoms with van der Waals surface area (Å²) < 4.78 is 23.6. The molecule has 8 aromatic carbocycles. The van der Waals surface area contributed by atoms with Crippen LogP contribution < -0.4 is 21.3 Å². The van der Waals surface area contributed by atoms with Gasteiger partial charge in [0.1, 0.15) is 44.7 Å². The predicted molar refractivity (Wildman–Crippen MR) is 357 cm³/mol. The zero-order chi connectivity index (χ0) is 60.1. The number of fused-ring (bicyclic) bond motifs is 12. The Hall–Kier alpha value is -8.00. The fourth-order valence-electron chi connectivity index (χ4n) is 10.5.